The second kappa shape index (κ2) is 11.6. The van der Waals surface area contributed by atoms with E-state index in [0.29, 0.717) is 44.3 Å². The van der Waals surface area contributed by atoms with Crippen molar-refractivity contribution in [3.8, 4) is 0 Å². The Kier molecular flexibility index (Phi) is 8.82. The summed E-state index contributed by atoms with van der Waals surface area (Å²) in [6.07, 6.45) is 2.33. The number of hydrogen-bond donors (Lipinski definition) is 1. The molecule has 0 spiro atoms. The summed E-state index contributed by atoms with van der Waals surface area (Å²) in [6.45, 7) is 2.24. The van der Waals surface area contributed by atoms with Gasteiger partial charge in [0, 0.05) is 27.7 Å². The van der Waals surface area contributed by atoms with Gasteiger partial charge in [0.15, 0.2) is 0 Å². The summed E-state index contributed by atoms with van der Waals surface area (Å²) in [5.74, 6) is -0.624. The molecule has 1 aromatic heterocycles. The Morgan fingerprint density at radius 3 is 2.44 bits per heavy atom. The Bertz CT molecular complexity index is 1110. The molecule has 32 heavy (non-hydrogen) atoms. The molecule has 5 nitrogen and oxygen atoms in total. The maximum absolute atomic E-state index is 13.3. The van der Waals surface area contributed by atoms with E-state index in [1.165, 1.54) is 16.7 Å². The minimum Gasteiger partial charge on any atom is -0.329 e. The summed E-state index contributed by atoms with van der Waals surface area (Å²) in [5.41, 5.74) is 0.864. The molecule has 0 unspecified atom stereocenters. The van der Waals surface area contributed by atoms with Crippen LogP contribution in [0.3, 0.4) is 0 Å². The topological polar surface area (TPSA) is 62.3 Å². The van der Waals surface area contributed by atoms with Crippen molar-refractivity contribution in [2.75, 3.05) is 18.4 Å². The van der Waals surface area contributed by atoms with E-state index in [2.05, 4.69) is 10.3 Å². The van der Waals surface area contributed by atoms with Crippen LogP contribution in [0.5, 0.6) is 0 Å². The SMILES string of the molecule is CCCN(CC(=O)Nc1ccc(Cl)cc1Cl)C(=O)c1cccnc1Sc1ccc(Cl)cc1. The molecule has 9 heteroatoms. The Morgan fingerprint density at radius 2 is 1.75 bits per heavy atom. The van der Waals surface area contributed by atoms with Crippen LogP contribution in [0.2, 0.25) is 15.1 Å². The van der Waals surface area contributed by atoms with Gasteiger partial charge in [-0.25, -0.2) is 4.98 Å². The lowest BCUT2D eigenvalue weighted by Crippen LogP contribution is -2.38. The highest BCUT2D eigenvalue weighted by Gasteiger charge is 2.22. The first-order chi connectivity index (χ1) is 15.4. The van der Waals surface area contributed by atoms with E-state index in [1.54, 1.807) is 48.7 Å². The number of halogens is 3. The van der Waals surface area contributed by atoms with Gasteiger partial charge >= 0.3 is 0 Å². The van der Waals surface area contributed by atoms with Crippen LogP contribution >= 0.6 is 46.6 Å². The number of amides is 2. The van der Waals surface area contributed by atoms with Crippen LogP contribution in [0, 0.1) is 0 Å². The van der Waals surface area contributed by atoms with Crippen molar-refractivity contribution in [1.82, 2.24) is 9.88 Å². The Balaban J connectivity index is 1.77. The molecule has 3 rings (SSSR count). The van der Waals surface area contributed by atoms with Crippen LogP contribution in [-0.2, 0) is 4.79 Å². The van der Waals surface area contributed by atoms with E-state index in [9.17, 15) is 9.59 Å². The number of carbonyl (C=O) groups excluding carboxylic acids is 2. The highest BCUT2D eigenvalue weighted by molar-refractivity contribution is 7.99. The fourth-order valence-corrected chi connectivity index (χ4v) is 4.35. The first kappa shape index (κ1) is 24.4. The van der Waals surface area contributed by atoms with Gasteiger partial charge in [0.1, 0.15) is 11.6 Å². The van der Waals surface area contributed by atoms with E-state index in [4.69, 9.17) is 34.8 Å². The maximum Gasteiger partial charge on any atom is 0.257 e. The number of anilines is 1. The molecule has 0 atom stereocenters. The van der Waals surface area contributed by atoms with Crippen molar-refractivity contribution in [3.05, 3.63) is 81.4 Å². The lowest BCUT2D eigenvalue weighted by molar-refractivity contribution is -0.116. The summed E-state index contributed by atoms with van der Waals surface area (Å²) in [7, 11) is 0. The minimum absolute atomic E-state index is 0.119. The van der Waals surface area contributed by atoms with Crippen LogP contribution in [0.25, 0.3) is 0 Å². The summed E-state index contributed by atoms with van der Waals surface area (Å²) < 4.78 is 0. The molecule has 0 bridgehead atoms. The molecule has 3 aromatic rings. The van der Waals surface area contributed by atoms with Crippen molar-refractivity contribution in [2.24, 2.45) is 0 Å². The smallest absolute Gasteiger partial charge is 0.257 e. The van der Waals surface area contributed by atoms with Gasteiger partial charge < -0.3 is 10.2 Å². The van der Waals surface area contributed by atoms with E-state index in [0.717, 1.165) is 4.90 Å². The molecule has 0 saturated carbocycles. The second-order valence-corrected chi connectivity index (χ2v) is 9.15. The Hall–Kier alpha value is -2.25. The van der Waals surface area contributed by atoms with Gasteiger partial charge in [0.25, 0.3) is 5.91 Å². The molecular formula is C23H20Cl3N3O2S. The molecule has 1 heterocycles. The summed E-state index contributed by atoms with van der Waals surface area (Å²) in [6, 6.07) is 15.5. The average Bonchev–Trinajstić information content (AvgIpc) is 2.77. The zero-order chi connectivity index (χ0) is 23.1. The molecule has 0 radical (unpaired) electrons. The summed E-state index contributed by atoms with van der Waals surface area (Å²) in [5, 5.41) is 4.72. The highest BCUT2D eigenvalue weighted by atomic mass is 35.5. The van der Waals surface area contributed by atoms with Crippen LogP contribution in [0.4, 0.5) is 5.69 Å². The Morgan fingerprint density at radius 1 is 1.03 bits per heavy atom. The van der Waals surface area contributed by atoms with Crippen LogP contribution in [0.15, 0.2) is 70.7 Å². The third kappa shape index (κ3) is 6.62. The number of nitrogens with one attached hydrogen (secondary N) is 1. The highest BCUT2D eigenvalue weighted by Crippen LogP contribution is 2.30. The molecule has 2 amide bonds. The van der Waals surface area contributed by atoms with Crippen molar-refractivity contribution >= 4 is 64.1 Å². The lowest BCUT2D eigenvalue weighted by Gasteiger charge is -2.22. The van der Waals surface area contributed by atoms with Crippen molar-refractivity contribution in [2.45, 2.75) is 23.3 Å². The number of aromatic nitrogens is 1. The molecular weight excluding hydrogens is 489 g/mol. The summed E-state index contributed by atoms with van der Waals surface area (Å²) in [4.78, 5) is 32.8. The normalized spacial score (nSPS) is 10.6. The molecule has 0 aliphatic rings. The molecule has 1 N–H and O–H groups in total. The molecule has 0 saturated heterocycles. The third-order valence-electron chi connectivity index (χ3n) is 4.35. The number of rotatable bonds is 8. The monoisotopic (exact) mass is 507 g/mol. The minimum atomic E-state index is -0.355. The maximum atomic E-state index is 13.3. The van der Waals surface area contributed by atoms with E-state index >= 15 is 0 Å². The zero-order valence-electron chi connectivity index (χ0n) is 17.1. The fraction of sp³-hybridized carbons (Fsp3) is 0.174. The standard InChI is InChI=1S/C23H20Cl3N3O2S/c1-2-12-29(14-21(30)28-20-10-7-16(25)13-19(20)26)23(31)18-4-3-11-27-22(18)32-17-8-5-15(24)6-9-17/h3-11,13H,2,12,14H2,1H3,(H,28,30). The van der Waals surface area contributed by atoms with Gasteiger partial charge in [-0.2, -0.15) is 0 Å². The molecule has 166 valence electrons. The predicted molar refractivity (Wildman–Crippen MR) is 131 cm³/mol. The Labute approximate surface area is 206 Å². The molecule has 2 aromatic carbocycles. The van der Waals surface area contributed by atoms with E-state index < -0.39 is 0 Å². The average molecular weight is 509 g/mol. The molecule has 0 aliphatic carbocycles. The fourth-order valence-electron chi connectivity index (χ4n) is 2.90. The largest absolute Gasteiger partial charge is 0.329 e. The number of hydrogen-bond acceptors (Lipinski definition) is 4. The lowest BCUT2D eigenvalue weighted by atomic mass is 10.2. The zero-order valence-corrected chi connectivity index (χ0v) is 20.2. The van der Waals surface area contributed by atoms with E-state index in [1.807, 2.05) is 19.1 Å². The number of nitrogens with zero attached hydrogens (tertiary/aromatic N) is 2. The van der Waals surface area contributed by atoms with Gasteiger partial charge in [-0.1, -0.05) is 53.5 Å². The number of carbonyl (C=O) groups is 2. The van der Waals surface area contributed by atoms with Crippen LogP contribution in [-0.4, -0.2) is 34.8 Å². The second-order valence-electron chi connectivity index (χ2n) is 6.81. The van der Waals surface area contributed by atoms with Crippen molar-refractivity contribution < 1.29 is 9.59 Å². The number of benzene rings is 2. The predicted octanol–water partition coefficient (Wildman–Crippen LogP) is 6.68. The van der Waals surface area contributed by atoms with Gasteiger partial charge in [0.2, 0.25) is 5.91 Å². The quantitative estimate of drug-likeness (QED) is 0.368. The van der Waals surface area contributed by atoms with Crippen LogP contribution < -0.4 is 5.32 Å². The third-order valence-corrected chi connectivity index (χ3v) is 6.18. The van der Waals surface area contributed by atoms with E-state index in [-0.39, 0.29) is 18.4 Å². The molecule has 0 aliphatic heterocycles. The van der Waals surface area contributed by atoms with Crippen molar-refractivity contribution in [1.29, 1.82) is 0 Å². The summed E-state index contributed by atoms with van der Waals surface area (Å²) >= 11 is 19.4. The first-order valence-electron chi connectivity index (χ1n) is 9.80. The number of pyridine rings is 1. The van der Waals surface area contributed by atoms with Gasteiger partial charge in [0.05, 0.1) is 16.3 Å². The van der Waals surface area contributed by atoms with Crippen molar-refractivity contribution in [3.63, 3.8) is 0 Å². The van der Waals surface area contributed by atoms with Gasteiger partial charge in [-0.15, -0.1) is 0 Å². The first-order valence-corrected chi connectivity index (χ1v) is 11.7. The molecule has 0 fully saturated rings. The van der Waals surface area contributed by atoms with Gasteiger partial charge in [-0.3, -0.25) is 9.59 Å². The van der Waals surface area contributed by atoms with Crippen LogP contribution in [0.1, 0.15) is 23.7 Å². The van der Waals surface area contributed by atoms with Gasteiger partial charge in [-0.05, 0) is 61.0 Å².